The SMILES string of the molecule is CCN(CC)CCNC(=O)CCn1nc(C)cc1C. The van der Waals surface area contributed by atoms with Crippen molar-refractivity contribution < 1.29 is 4.79 Å². The summed E-state index contributed by atoms with van der Waals surface area (Å²) in [6, 6.07) is 2.03. The van der Waals surface area contributed by atoms with Gasteiger partial charge in [0.25, 0.3) is 0 Å². The van der Waals surface area contributed by atoms with Gasteiger partial charge in [0.2, 0.25) is 5.91 Å². The Bertz CT molecular complexity index is 396. The zero-order valence-electron chi connectivity index (χ0n) is 12.6. The largest absolute Gasteiger partial charge is 0.355 e. The Labute approximate surface area is 116 Å². The number of hydrogen-bond donors (Lipinski definition) is 1. The van der Waals surface area contributed by atoms with Crippen molar-refractivity contribution in [3.8, 4) is 0 Å². The molecule has 5 nitrogen and oxygen atoms in total. The number of aryl methyl sites for hydroxylation is 3. The monoisotopic (exact) mass is 266 g/mol. The lowest BCUT2D eigenvalue weighted by Crippen LogP contribution is -2.35. The molecule has 0 aliphatic heterocycles. The molecule has 5 heteroatoms. The normalized spacial score (nSPS) is 11.0. The molecule has 108 valence electrons. The van der Waals surface area contributed by atoms with E-state index in [0.29, 0.717) is 13.0 Å². The molecule has 0 saturated carbocycles. The summed E-state index contributed by atoms with van der Waals surface area (Å²) >= 11 is 0. The van der Waals surface area contributed by atoms with Crippen molar-refractivity contribution in [3.05, 3.63) is 17.5 Å². The highest BCUT2D eigenvalue weighted by molar-refractivity contribution is 5.75. The van der Waals surface area contributed by atoms with E-state index < -0.39 is 0 Å². The fourth-order valence-corrected chi connectivity index (χ4v) is 2.09. The van der Waals surface area contributed by atoms with Crippen LogP contribution in [0.4, 0.5) is 0 Å². The van der Waals surface area contributed by atoms with E-state index in [-0.39, 0.29) is 5.91 Å². The topological polar surface area (TPSA) is 50.2 Å². The first-order chi connectivity index (χ1) is 9.06. The van der Waals surface area contributed by atoms with Crippen LogP contribution < -0.4 is 5.32 Å². The Balaban J connectivity index is 2.23. The van der Waals surface area contributed by atoms with Gasteiger partial charge in [-0.1, -0.05) is 13.8 Å². The Morgan fingerprint density at radius 3 is 2.58 bits per heavy atom. The molecule has 1 aromatic rings. The number of nitrogens with zero attached hydrogens (tertiary/aromatic N) is 3. The zero-order valence-corrected chi connectivity index (χ0v) is 12.6. The van der Waals surface area contributed by atoms with Crippen molar-refractivity contribution in [3.63, 3.8) is 0 Å². The summed E-state index contributed by atoms with van der Waals surface area (Å²) in [7, 11) is 0. The highest BCUT2D eigenvalue weighted by atomic mass is 16.1. The van der Waals surface area contributed by atoms with Crippen LogP contribution in [0, 0.1) is 13.8 Å². The standard InChI is InChI=1S/C14H26N4O/c1-5-17(6-2)10-8-15-14(19)7-9-18-13(4)11-12(3)16-18/h11H,5-10H2,1-4H3,(H,15,19). The van der Waals surface area contributed by atoms with E-state index in [9.17, 15) is 4.79 Å². The molecule has 0 unspecified atom stereocenters. The van der Waals surface area contributed by atoms with Crippen molar-refractivity contribution in [2.75, 3.05) is 26.2 Å². The molecule has 1 N–H and O–H groups in total. The van der Waals surface area contributed by atoms with Crippen molar-refractivity contribution in [1.29, 1.82) is 0 Å². The fraction of sp³-hybridized carbons (Fsp3) is 0.714. The molecule has 0 bridgehead atoms. The number of hydrogen-bond acceptors (Lipinski definition) is 3. The Morgan fingerprint density at radius 1 is 1.37 bits per heavy atom. The molecular weight excluding hydrogens is 240 g/mol. The number of likely N-dealkylation sites (N-methyl/N-ethyl adjacent to an activating group) is 1. The average molecular weight is 266 g/mol. The van der Waals surface area contributed by atoms with Crippen molar-refractivity contribution in [2.24, 2.45) is 0 Å². The molecule has 1 amide bonds. The van der Waals surface area contributed by atoms with Crippen LogP contribution in [0.3, 0.4) is 0 Å². The first kappa shape index (κ1) is 15.7. The second kappa shape index (κ2) is 7.94. The van der Waals surface area contributed by atoms with Crippen LogP contribution in [0.15, 0.2) is 6.07 Å². The van der Waals surface area contributed by atoms with Gasteiger partial charge < -0.3 is 10.2 Å². The Morgan fingerprint density at radius 2 is 2.05 bits per heavy atom. The third-order valence-electron chi connectivity index (χ3n) is 3.30. The maximum absolute atomic E-state index is 11.7. The lowest BCUT2D eigenvalue weighted by Gasteiger charge is -2.17. The van der Waals surface area contributed by atoms with Crippen LogP contribution in [-0.2, 0) is 11.3 Å². The second-order valence-electron chi connectivity index (χ2n) is 4.78. The number of aromatic nitrogens is 2. The van der Waals surface area contributed by atoms with Crippen molar-refractivity contribution >= 4 is 5.91 Å². The van der Waals surface area contributed by atoms with Crippen LogP contribution in [0.1, 0.15) is 31.7 Å². The summed E-state index contributed by atoms with van der Waals surface area (Å²) in [5.74, 6) is 0.0970. The van der Waals surface area contributed by atoms with E-state index in [4.69, 9.17) is 0 Å². The van der Waals surface area contributed by atoms with E-state index in [1.165, 1.54) is 0 Å². The molecule has 0 aliphatic carbocycles. The van der Waals surface area contributed by atoms with Crippen molar-refractivity contribution in [1.82, 2.24) is 20.0 Å². The molecule has 19 heavy (non-hydrogen) atoms. The molecule has 0 saturated heterocycles. The predicted octanol–water partition coefficient (Wildman–Crippen LogP) is 1.35. The minimum absolute atomic E-state index is 0.0970. The third kappa shape index (κ3) is 5.42. The molecule has 1 rings (SSSR count). The first-order valence-corrected chi connectivity index (χ1v) is 7.06. The summed E-state index contributed by atoms with van der Waals surface area (Å²) in [4.78, 5) is 14.0. The molecule has 1 heterocycles. The maximum atomic E-state index is 11.7. The minimum Gasteiger partial charge on any atom is -0.355 e. The lowest BCUT2D eigenvalue weighted by molar-refractivity contribution is -0.121. The van der Waals surface area contributed by atoms with E-state index >= 15 is 0 Å². The number of amides is 1. The number of rotatable bonds is 8. The summed E-state index contributed by atoms with van der Waals surface area (Å²) in [5, 5.41) is 7.30. The van der Waals surface area contributed by atoms with Crippen LogP contribution >= 0.6 is 0 Å². The molecule has 0 atom stereocenters. The van der Waals surface area contributed by atoms with Crippen LogP contribution in [0.25, 0.3) is 0 Å². The molecule has 0 aliphatic rings. The van der Waals surface area contributed by atoms with E-state index in [2.05, 4.69) is 29.2 Å². The molecule has 0 spiro atoms. The number of carbonyl (C=O) groups excluding carboxylic acids is 1. The van der Waals surface area contributed by atoms with Gasteiger partial charge in [0.05, 0.1) is 5.69 Å². The van der Waals surface area contributed by atoms with Gasteiger partial charge >= 0.3 is 0 Å². The molecule has 0 fully saturated rings. The van der Waals surface area contributed by atoms with Gasteiger partial charge in [-0.25, -0.2) is 0 Å². The summed E-state index contributed by atoms with van der Waals surface area (Å²) in [6.45, 7) is 12.6. The van der Waals surface area contributed by atoms with E-state index in [0.717, 1.165) is 37.6 Å². The number of nitrogens with one attached hydrogen (secondary N) is 1. The van der Waals surface area contributed by atoms with E-state index in [1.807, 2.05) is 24.6 Å². The van der Waals surface area contributed by atoms with Gasteiger partial charge in [0, 0.05) is 31.7 Å². The predicted molar refractivity (Wildman–Crippen MR) is 77.1 cm³/mol. The fourth-order valence-electron chi connectivity index (χ4n) is 2.09. The Hall–Kier alpha value is -1.36. The maximum Gasteiger partial charge on any atom is 0.221 e. The molecule has 1 aromatic heterocycles. The van der Waals surface area contributed by atoms with Crippen LogP contribution in [-0.4, -0.2) is 46.8 Å². The highest BCUT2D eigenvalue weighted by Gasteiger charge is 2.05. The quantitative estimate of drug-likeness (QED) is 0.772. The second-order valence-corrected chi connectivity index (χ2v) is 4.78. The summed E-state index contributed by atoms with van der Waals surface area (Å²) < 4.78 is 1.89. The van der Waals surface area contributed by atoms with Gasteiger partial charge in [0.1, 0.15) is 0 Å². The molecular formula is C14H26N4O. The van der Waals surface area contributed by atoms with Crippen molar-refractivity contribution in [2.45, 2.75) is 40.7 Å². The van der Waals surface area contributed by atoms with Gasteiger partial charge in [-0.2, -0.15) is 5.10 Å². The van der Waals surface area contributed by atoms with E-state index in [1.54, 1.807) is 0 Å². The van der Waals surface area contributed by atoms with Gasteiger partial charge in [-0.05, 0) is 33.0 Å². The van der Waals surface area contributed by atoms with Gasteiger partial charge in [-0.3, -0.25) is 9.48 Å². The number of carbonyl (C=O) groups is 1. The summed E-state index contributed by atoms with van der Waals surface area (Å²) in [5.41, 5.74) is 2.10. The average Bonchev–Trinajstić information content (AvgIpc) is 2.70. The minimum atomic E-state index is 0.0970. The smallest absolute Gasteiger partial charge is 0.221 e. The molecule has 0 radical (unpaired) electrons. The lowest BCUT2D eigenvalue weighted by atomic mass is 10.3. The van der Waals surface area contributed by atoms with Gasteiger partial charge in [-0.15, -0.1) is 0 Å². The first-order valence-electron chi connectivity index (χ1n) is 7.06. The third-order valence-corrected chi connectivity index (χ3v) is 3.30. The van der Waals surface area contributed by atoms with Crippen LogP contribution in [0.2, 0.25) is 0 Å². The Kier molecular flexibility index (Phi) is 6.56. The summed E-state index contributed by atoms with van der Waals surface area (Å²) in [6.07, 6.45) is 0.486. The molecule has 0 aromatic carbocycles. The highest BCUT2D eigenvalue weighted by Crippen LogP contribution is 2.02. The van der Waals surface area contributed by atoms with Gasteiger partial charge in [0.15, 0.2) is 0 Å². The van der Waals surface area contributed by atoms with Crippen LogP contribution in [0.5, 0.6) is 0 Å². The zero-order chi connectivity index (χ0) is 14.3.